The van der Waals surface area contributed by atoms with E-state index in [-0.39, 0.29) is 5.54 Å². The van der Waals surface area contributed by atoms with E-state index < -0.39 is 11.7 Å². The summed E-state index contributed by atoms with van der Waals surface area (Å²) >= 11 is 6.37. The van der Waals surface area contributed by atoms with Crippen LogP contribution >= 0.6 is 11.6 Å². The lowest BCUT2D eigenvalue weighted by molar-refractivity contribution is -0.126. The predicted molar refractivity (Wildman–Crippen MR) is 98.7 cm³/mol. The van der Waals surface area contributed by atoms with Gasteiger partial charge in [0.25, 0.3) is 0 Å². The largest absolute Gasteiger partial charge is 0.362 e. The molecule has 1 atom stereocenters. The number of pyridine rings is 1. The molecule has 0 spiro atoms. The molecule has 0 aromatic carbocycles. The lowest BCUT2D eigenvalue weighted by Gasteiger charge is -2.44. The van der Waals surface area contributed by atoms with E-state index in [1.807, 2.05) is 0 Å². The first-order chi connectivity index (χ1) is 12.5. The topological polar surface area (TPSA) is 86.3 Å². The fourth-order valence-electron chi connectivity index (χ4n) is 4.09. The zero-order chi connectivity index (χ0) is 18.6. The lowest BCUT2D eigenvalue weighted by atomic mass is 9.77. The molecule has 2 fully saturated rings. The minimum absolute atomic E-state index is 0.0647. The minimum atomic E-state index is -1.21. The van der Waals surface area contributed by atoms with Crippen molar-refractivity contribution in [2.75, 3.05) is 18.4 Å². The molecule has 1 aliphatic carbocycles. The summed E-state index contributed by atoms with van der Waals surface area (Å²) < 4.78 is 13.5. The Labute approximate surface area is 157 Å². The normalized spacial score (nSPS) is 24.5. The van der Waals surface area contributed by atoms with Crippen LogP contribution in [0, 0.1) is 5.92 Å². The average molecular weight is 383 g/mol. The maximum atomic E-state index is 13.5. The van der Waals surface area contributed by atoms with Crippen LogP contribution in [0.15, 0.2) is 18.1 Å². The Morgan fingerprint density at radius 3 is 2.81 bits per heavy atom. The molecule has 1 aromatic rings. The van der Waals surface area contributed by atoms with Gasteiger partial charge in [-0.05, 0) is 55.9 Å². The third kappa shape index (κ3) is 4.16. The number of rotatable bonds is 5. The van der Waals surface area contributed by atoms with E-state index in [0.29, 0.717) is 22.3 Å². The second-order valence-corrected chi connectivity index (χ2v) is 7.48. The molecule has 142 valence electrons. The van der Waals surface area contributed by atoms with Crippen molar-refractivity contribution >= 4 is 29.4 Å². The van der Waals surface area contributed by atoms with Gasteiger partial charge >= 0.3 is 5.91 Å². The summed E-state index contributed by atoms with van der Waals surface area (Å²) in [4.78, 5) is 15.4. The summed E-state index contributed by atoms with van der Waals surface area (Å²) in [6.45, 7) is 1.90. The maximum Gasteiger partial charge on any atom is 0.303 e. The van der Waals surface area contributed by atoms with Crippen molar-refractivity contribution in [3.63, 3.8) is 0 Å². The fraction of sp³-hybridized carbons (Fsp3) is 0.556. The second kappa shape index (κ2) is 8.33. The molecule has 1 saturated carbocycles. The van der Waals surface area contributed by atoms with Crippen LogP contribution in [0.25, 0.3) is 6.08 Å². The number of carbonyl (C=O) groups excluding carboxylic acids is 1. The minimum Gasteiger partial charge on any atom is -0.362 e. The third-order valence-corrected chi connectivity index (χ3v) is 5.68. The molecule has 1 aliphatic heterocycles. The Morgan fingerprint density at radius 2 is 2.19 bits per heavy atom. The van der Waals surface area contributed by atoms with Crippen molar-refractivity contribution in [2.45, 2.75) is 44.1 Å². The van der Waals surface area contributed by atoms with E-state index in [0.717, 1.165) is 32.0 Å². The Kier molecular flexibility index (Phi) is 6.11. The smallest absolute Gasteiger partial charge is 0.303 e. The van der Waals surface area contributed by atoms with Gasteiger partial charge in [-0.2, -0.15) is 0 Å². The molecule has 2 aliphatic rings. The van der Waals surface area contributed by atoms with Crippen molar-refractivity contribution < 1.29 is 14.4 Å². The van der Waals surface area contributed by atoms with E-state index in [9.17, 15) is 9.18 Å². The Balaban J connectivity index is 1.81. The first-order valence-electron chi connectivity index (χ1n) is 9.00. The first-order valence-corrected chi connectivity index (χ1v) is 9.38. The highest BCUT2D eigenvalue weighted by Gasteiger charge is 2.41. The van der Waals surface area contributed by atoms with E-state index in [2.05, 4.69) is 15.6 Å². The van der Waals surface area contributed by atoms with Gasteiger partial charge in [0.15, 0.2) is 5.83 Å². The van der Waals surface area contributed by atoms with Crippen molar-refractivity contribution in [1.82, 2.24) is 15.8 Å². The van der Waals surface area contributed by atoms with E-state index in [1.165, 1.54) is 37.4 Å². The molecule has 6 nitrogen and oxygen atoms in total. The summed E-state index contributed by atoms with van der Waals surface area (Å²) in [5.74, 6) is -1.17. The molecule has 26 heavy (non-hydrogen) atoms. The number of amides is 1. The standard InChI is InChI=1S/C18H24ClFN4O2/c19-14-8-12(9-15(20)17(25)24-26)10-22-16(14)23-18(6-3-7-21-11-18)13-4-1-2-5-13/h8-10,13,21,26H,1-7,11H2,(H,22,23)(H,24,25)/b15-9-/t18-/m0/s1. The van der Waals surface area contributed by atoms with Crippen LogP contribution in [0.4, 0.5) is 10.2 Å². The van der Waals surface area contributed by atoms with Gasteiger partial charge in [0.05, 0.1) is 10.6 Å². The molecule has 1 amide bonds. The van der Waals surface area contributed by atoms with Crippen LogP contribution in [0.3, 0.4) is 0 Å². The van der Waals surface area contributed by atoms with Crippen LogP contribution in [0.2, 0.25) is 5.02 Å². The number of nitrogens with zero attached hydrogens (tertiary/aromatic N) is 1. The third-order valence-electron chi connectivity index (χ3n) is 5.40. The molecule has 2 heterocycles. The zero-order valence-corrected chi connectivity index (χ0v) is 15.3. The van der Waals surface area contributed by atoms with Crippen molar-refractivity contribution in [3.8, 4) is 0 Å². The van der Waals surface area contributed by atoms with Gasteiger partial charge in [-0.25, -0.2) is 14.9 Å². The summed E-state index contributed by atoms with van der Waals surface area (Å²) in [5, 5.41) is 15.9. The molecule has 0 bridgehead atoms. The van der Waals surface area contributed by atoms with Gasteiger partial charge in [0.1, 0.15) is 5.82 Å². The number of anilines is 1. The molecule has 0 radical (unpaired) electrons. The number of halogens is 2. The number of aromatic nitrogens is 1. The van der Waals surface area contributed by atoms with Crippen molar-refractivity contribution in [3.05, 3.63) is 28.7 Å². The molecule has 4 N–H and O–H groups in total. The number of carbonyl (C=O) groups is 1. The molecular weight excluding hydrogens is 359 g/mol. The fourth-order valence-corrected chi connectivity index (χ4v) is 4.31. The highest BCUT2D eigenvalue weighted by molar-refractivity contribution is 6.33. The maximum absolute atomic E-state index is 13.5. The van der Waals surface area contributed by atoms with E-state index >= 15 is 0 Å². The summed E-state index contributed by atoms with van der Waals surface area (Å²) in [7, 11) is 0. The quantitative estimate of drug-likeness (QED) is 0.357. The number of hydrogen-bond donors (Lipinski definition) is 4. The first kappa shape index (κ1) is 19.1. The number of nitrogens with one attached hydrogen (secondary N) is 3. The summed E-state index contributed by atoms with van der Waals surface area (Å²) in [5.41, 5.74) is 1.53. The van der Waals surface area contributed by atoms with Crippen LogP contribution in [0.5, 0.6) is 0 Å². The average Bonchev–Trinajstić information content (AvgIpc) is 3.19. The molecule has 3 rings (SSSR count). The number of piperidine rings is 1. The summed E-state index contributed by atoms with van der Waals surface area (Å²) in [6, 6.07) is 1.56. The van der Waals surface area contributed by atoms with E-state index in [1.54, 1.807) is 6.07 Å². The Morgan fingerprint density at radius 1 is 1.42 bits per heavy atom. The zero-order valence-electron chi connectivity index (χ0n) is 14.5. The van der Waals surface area contributed by atoms with Crippen LogP contribution in [-0.2, 0) is 4.79 Å². The van der Waals surface area contributed by atoms with Crippen molar-refractivity contribution in [2.24, 2.45) is 5.92 Å². The van der Waals surface area contributed by atoms with Gasteiger partial charge in [-0.15, -0.1) is 0 Å². The summed E-state index contributed by atoms with van der Waals surface area (Å²) in [6.07, 6.45) is 9.51. The van der Waals surface area contributed by atoms with Gasteiger partial charge in [0.2, 0.25) is 0 Å². The van der Waals surface area contributed by atoms with Gasteiger partial charge in [0, 0.05) is 12.7 Å². The lowest BCUT2D eigenvalue weighted by Crippen LogP contribution is -2.55. The second-order valence-electron chi connectivity index (χ2n) is 7.08. The van der Waals surface area contributed by atoms with Crippen LogP contribution in [-0.4, -0.2) is 34.7 Å². The van der Waals surface area contributed by atoms with Crippen LogP contribution in [0.1, 0.15) is 44.1 Å². The molecule has 1 saturated heterocycles. The monoisotopic (exact) mass is 382 g/mol. The number of hydrogen-bond acceptors (Lipinski definition) is 5. The molecular formula is C18H24ClFN4O2. The Bertz CT molecular complexity index is 686. The van der Waals surface area contributed by atoms with Gasteiger partial charge in [-0.3, -0.25) is 10.0 Å². The molecule has 1 aromatic heterocycles. The van der Waals surface area contributed by atoms with Crippen LogP contribution < -0.4 is 16.1 Å². The molecule has 8 heteroatoms. The molecule has 0 unspecified atom stereocenters. The van der Waals surface area contributed by atoms with Crippen molar-refractivity contribution in [1.29, 1.82) is 0 Å². The highest BCUT2D eigenvalue weighted by Crippen LogP contribution is 2.40. The van der Waals surface area contributed by atoms with E-state index in [4.69, 9.17) is 16.8 Å². The number of hydroxylamine groups is 1. The SMILES string of the molecule is O=C(NO)/C(F)=C/c1cnc(N[C@@]2(C3CCCC3)CCCNC2)c(Cl)c1. The van der Waals surface area contributed by atoms with Gasteiger partial charge < -0.3 is 10.6 Å². The predicted octanol–water partition coefficient (Wildman–Crippen LogP) is 3.28. The van der Waals surface area contributed by atoms with Gasteiger partial charge in [-0.1, -0.05) is 24.4 Å². The highest BCUT2D eigenvalue weighted by atomic mass is 35.5. The Hall–Kier alpha value is -1.70.